The van der Waals surface area contributed by atoms with E-state index in [1.807, 2.05) is 0 Å². The molecule has 1 aliphatic rings. The number of aromatic nitrogens is 2. The predicted octanol–water partition coefficient (Wildman–Crippen LogP) is 0.234. The van der Waals surface area contributed by atoms with Gasteiger partial charge in [0, 0.05) is 12.1 Å². The van der Waals surface area contributed by atoms with E-state index >= 15 is 0 Å². The van der Waals surface area contributed by atoms with Crippen LogP contribution in [0, 0.1) is 0 Å². The van der Waals surface area contributed by atoms with Crippen LogP contribution in [0.2, 0.25) is 0 Å². The highest BCUT2D eigenvalue weighted by Crippen LogP contribution is 2.26. The van der Waals surface area contributed by atoms with Crippen LogP contribution in [0.1, 0.15) is 31.7 Å². The Morgan fingerprint density at radius 1 is 1.36 bits per heavy atom. The highest BCUT2D eigenvalue weighted by atomic mass is 16.2. The van der Waals surface area contributed by atoms with E-state index in [0.29, 0.717) is 0 Å². The first-order valence-electron chi connectivity index (χ1n) is 4.80. The van der Waals surface area contributed by atoms with Crippen molar-refractivity contribution in [2.45, 2.75) is 31.7 Å². The van der Waals surface area contributed by atoms with Crippen LogP contribution in [0.3, 0.4) is 0 Å². The summed E-state index contributed by atoms with van der Waals surface area (Å²) in [6.45, 7) is 0. The monoisotopic (exact) mass is 195 g/mol. The van der Waals surface area contributed by atoms with Crippen molar-refractivity contribution in [3.05, 3.63) is 26.9 Å². The first kappa shape index (κ1) is 9.05. The maximum Gasteiger partial charge on any atom is 0.330 e. The Bertz CT molecular complexity index is 409. The molecule has 0 aromatic carbocycles. The van der Waals surface area contributed by atoms with Crippen molar-refractivity contribution >= 4 is 5.82 Å². The van der Waals surface area contributed by atoms with Gasteiger partial charge in [-0.05, 0) is 12.8 Å². The lowest BCUT2D eigenvalue weighted by atomic mass is 10.2. The fourth-order valence-electron chi connectivity index (χ4n) is 2.03. The van der Waals surface area contributed by atoms with Crippen LogP contribution < -0.4 is 17.0 Å². The summed E-state index contributed by atoms with van der Waals surface area (Å²) in [6.07, 6.45) is 3.99. The number of aromatic amines is 1. The topological polar surface area (TPSA) is 80.9 Å². The van der Waals surface area contributed by atoms with Gasteiger partial charge in [-0.1, -0.05) is 12.8 Å². The minimum atomic E-state index is -0.387. The van der Waals surface area contributed by atoms with Crippen LogP contribution in [0.15, 0.2) is 15.7 Å². The van der Waals surface area contributed by atoms with Crippen molar-refractivity contribution in [3.8, 4) is 0 Å². The van der Waals surface area contributed by atoms with E-state index in [0.717, 1.165) is 25.7 Å². The first-order valence-corrected chi connectivity index (χ1v) is 4.80. The number of nitrogens with two attached hydrogens (primary N) is 1. The number of nitrogens with zero attached hydrogens (tertiary/aromatic N) is 1. The molecule has 1 aromatic heterocycles. The van der Waals surface area contributed by atoms with Gasteiger partial charge in [-0.15, -0.1) is 0 Å². The van der Waals surface area contributed by atoms with Gasteiger partial charge in [0.1, 0.15) is 5.82 Å². The van der Waals surface area contributed by atoms with Gasteiger partial charge in [-0.3, -0.25) is 14.3 Å². The summed E-state index contributed by atoms with van der Waals surface area (Å²) >= 11 is 0. The molecule has 0 spiro atoms. The normalized spacial score (nSPS) is 17.4. The molecule has 1 aromatic rings. The zero-order chi connectivity index (χ0) is 10.1. The van der Waals surface area contributed by atoms with E-state index in [9.17, 15) is 9.59 Å². The summed E-state index contributed by atoms with van der Waals surface area (Å²) in [5.74, 6) is 0.134. The lowest BCUT2D eigenvalue weighted by molar-refractivity contribution is 0.479. The lowest BCUT2D eigenvalue weighted by Crippen LogP contribution is -2.37. The van der Waals surface area contributed by atoms with Crippen LogP contribution in [0.4, 0.5) is 5.82 Å². The number of rotatable bonds is 1. The smallest absolute Gasteiger partial charge is 0.330 e. The molecule has 3 N–H and O–H groups in total. The molecule has 1 saturated carbocycles. The van der Waals surface area contributed by atoms with Crippen LogP contribution in [-0.2, 0) is 0 Å². The fraction of sp³-hybridized carbons (Fsp3) is 0.556. The van der Waals surface area contributed by atoms with Gasteiger partial charge in [-0.2, -0.15) is 0 Å². The zero-order valence-electron chi connectivity index (χ0n) is 7.82. The van der Waals surface area contributed by atoms with Gasteiger partial charge >= 0.3 is 5.69 Å². The Morgan fingerprint density at radius 3 is 2.57 bits per heavy atom. The first-order chi connectivity index (χ1) is 6.68. The summed E-state index contributed by atoms with van der Waals surface area (Å²) in [7, 11) is 0. The third kappa shape index (κ3) is 1.45. The number of nitrogen functional groups attached to an aromatic ring is 1. The van der Waals surface area contributed by atoms with Crippen molar-refractivity contribution in [1.29, 1.82) is 0 Å². The Hall–Kier alpha value is -1.52. The van der Waals surface area contributed by atoms with E-state index in [2.05, 4.69) is 4.98 Å². The Balaban J connectivity index is 2.52. The molecule has 5 heteroatoms. The molecule has 1 heterocycles. The summed E-state index contributed by atoms with van der Waals surface area (Å²) < 4.78 is 1.28. The van der Waals surface area contributed by atoms with Crippen molar-refractivity contribution in [3.63, 3.8) is 0 Å². The number of hydrogen-bond acceptors (Lipinski definition) is 3. The SMILES string of the molecule is Nc1cc(=O)n(C2CCCC2)c(=O)[nH]1. The summed E-state index contributed by atoms with van der Waals surface area (Å²) in [4.78, 5) is 25.4. The van der Waals surface area contributed by atoms with Gasteiger partial charge in [0.2, 0.25) is 0 Å². The average Bonchev–Trinajstić information content (AvgIpc) is 2.54. The maximum absolute atomic E-state index is 11.5. The minimum absolute atomic E-state index is 0.0619. The second-order valence-corrected chi connectivity index (χ2v) is 3.68. The fourth-order valence-corrected chi connectivity index (χ4v) is 2.03. The molecule has 2 rings (SSSR count). The Kier molecular flexibility index (Phi) is 2.15. The summed E-state index contributed by atoms with van der Waals surface area (Å²) in [5, 5.41) is 0. The largest absolute Gasteiger partial charge is 0.385 e. The van der Waals surface area contributed by atoms with Gasteiger partial charge in [0.25, 0.3) is 5.56 Å². The van der Waals surface area contributed by atoms with E-state index in [1.54, 1.807) is 0 Å². The van der Waals surface area contributed by atoms with Crippen molar-refractivity contribution in [1.82, 2.24) is 9.55 Å². The third-order valence-electron chi connectivity index (χ3n) is 2.68. The Labute approximate surface area is 80.6 Å². The number of nitrogens with one attached hydrogen (secondary N) is 1. The molecular weight excluding hydrogens is 182 g/mol. The minimum Gasteiger partial charge on any atom is -0.385 e. The van der Waals surface area contributed by atoms with Crippen LogP contribution in [-0.4, -0.2) is 9.55 Å². The van der Waals surface area contributed by atoms with E-state index in [-0.39, 0.29) is 23.1 Å². The van der Waals surface area contributed by atoms with Gasteiger partial charge in [-0.25, -0.2) is 4.79 Å². The van der Waals surface area contributed by atoms with Crippen LogP contribution in [0.25, 0.3) is 0 Å². The second-order valence-electron chi connectivity index (χ2n) is 3.68. The average molecular weight is 195 g/mol. The zero-order valence-corrected chi connectivity index (χ0v) is 7.82. The van der Waals surface area contributed by atoms with Crippen LogP contribution in [0.5, 0.6) is 0 Å². The molecule has 1 fully saturated rings. The van der Waals surface area contributed by atoms with Gasteiger partial charge in [0.05, 0.1) is 0 Å². The highest BCUT2D eigenvalue weighted by Gasteiger charge is 2.19. The standard InChI is InChI=1S/C9H13N3O2/c10-7-5-8(13)12(9(14)11-7)6-3-1-2-4-6/h5-6H,1-4,10H2,(H,11,14). The summed E-state index contributed by atoms with van der Waals surface area (Å²) in [6, 6.07) is 1.33. The molecule has 14 heavy (non-hydrogen) atoms. The molecular formula is C9H13N3O2. The lowest BCUT2D eigenvalue weighted by Gasteiger charge is -2.11. The van der Waals surface area contributed by atoms with Crippen molar-refractivity contribution < 1.29 is 0 Å². The van der Waals surface area contributed by atoms with Crippen LogP contribution >= 0.6 is 0 Å². The predicted molar refractivity (Wildman–Crippen MR) is 53.2 cm³/mol. The number of anilines is 1. The molecule has 0 radical (unpaired) electrons. The number of hydrogen-bond donors (Lipinski definition) is 2. The third-order valence-corrected chi connectivity index (χ3v) is 2.68. The van der Waals surface area contributed by atoms with Crippen molar-refractivity contribution in [2.75, 3.05) is 5.73 Å². The molecule has 1 aliphatic carbocycles. The molecule has 5 nitrogen and oxygen atoms in total. The second kappa shape index (κ2) is 3.32. The maximum atomic E-state index is 11.5. The molecule has 0 bridgehead atoms. The van der Waals surface area contributed by atoms with E-state index in [4.69, 9.17) is 5.73 Å². The van der Waals surface area contributed by atoms with Gasteiger partial charge in [0.15, 0.2) is 0 Å². The molecule has 0 saturated heterocycles. The molecule has 0 unspecified atom stereocenters. The number of H-pyrrole nitrogens is 1. The van der Waals surface area contributed by atoms with E-state index in [1.165, 1.54) is 10.6 Å². The summed E-state index contributed by atoms with van der Waals surface area (Å²) in [5.41, 5.74) is 4.68. The molecule has 76 valence electrons. The van der Waals surface area contributed by atoms with Crippen molar-refractivity contribution in [2.24, 2.45) is 0 Å². The Morgan fingerprint density at radius 2 is 2.00 bits per heavy atom. The molecule has 0 amide bonds. The molecule has 0 atom stereocenters. The van der Waals surface area contributed by atoms with Gasteiger partial charge < -0.3 is 5.73 Å². The quantitative estimate of drug-likeness (QED) is 0.673. The van der Waals surface area contributed by atoms with E-state index < -0.39 is 0 Å². The molecule has 0 aliphatic heterocycles. The highest BCUT2D eigenvalue weighted by molar-refractivity contribution is 5.23.